The van der Waals surface area contributed by atoms with E-state index in [4.69, 9.17) is 4.74 Å². The third-order valence-corrected chi connectivity index (χ3v) is 5.10. The maximum atomic E-state index is 10.5. The van der Waals surface area contributed by atoms with Crippen molar-refractivity contribution in [3.8, 4) is 22.6 Å². The highest BCUT2D eigenvalue weighted by molar-refractivity contribution is 5.69. The number of benzene rings is 1. The number of nitrogens with zero attached hydrogens (tertiary/aromatic N) is 4. The SMILES string of the molecule is Oc1cc(-c2cccnc2)cc2c1OCCN(c1cc(C3CC3)ncn1)C2. The topological polar surface area (TPSA) is 71.4 Å². The second-order valence-corrected chi connectivity index (χ2v) is 7.07. The molecule has 2 aliphatic rings. The van der Waals surface area contributed by atoms with Gasteiger partial charge >= 0.3 is 0 Å². The molecule has 0 bridgehead atoms. The van der Waals surface area contributed by atoms with Crippen LogP contribution in [0.3, 0.4) is 0 Å². The summed E-state index contributed by atoms with van der Waals surface area (Å²) in [4.78, 5) is 15.3. The molecule has 1 aliphatic heterocycles. The molecule has 1 saturated carbocycles. The van der Waals surface area contributed by atoms with E-state index in [0.717, 1.165) is 28.2 Å². The average molecular weight is 360 g/mol. The van der Waals surface area contributed by atoms with Crippen molar-refractivity contribution in [1.29, 1.82) is 0 Å². The number of ether oxygens (including phenoxy) is 1. The van der Waals surface area contributed by atoms with Gasteiger partial charge in [-0.25, -0.2) is 9.97 Å². The van der Waals surface area contributed by atoms with E-state index < -0.39 is 0 Å². The molecule has 1 N–H and O–H groups in total. The molecule has 6 heteroatoms. The molecule has 2 aromatic heterocycles. The van der Waals surface area contributed by atoms with Gasteiger partial charge in [-0.2, -0.15) is 0 Å². The third-order valence-electron chi connectivity index (χ3n) is 5.10. The quantitative estimate of drug-likeness (QED) is 0.771. The number of anilines is 1. The number of hydrogen-bond acceptors (Lipinski definition) is 6. The Balaban J connectivity index is 1.50. The van der Waals surface area contributed by atoms with Crippen LogP contribution in [0, 0.1) is 0 Å². The van der Waals surface area contributed by atoms with Gasteiger partial charge in [0.2, 0.25) is 0 Å². The van der Waals surface area contributed by atoms with E-state index >= 15 is 0 Å². The van der Waals surface area contributed by atoms with E-state index in [9.17, 15) is 5.11 Å². The number of pyridine rings is 1. The van der Waals surface area contributed by atoms with Gasteiger partial charge in [0.1, 0.15) is 18.8 Å². The van der Waals surface area contributed by atoms with Crippen LogP contribution in [0.5, 0.6) is 11.5 Å². The van der Waals surface area contributed by atoms with E-state index in [0.29, 0.717) is 31.4 Å². The van der Waals surface area contributed by atoms with Crippen LogP contribution in [0.2, 0.25) is 0 Å². The van der Waals surface area contributed by atoms with Gasteiger partial charge in [-0.15, -0.1) is 0 Å². The number of phenolic OH excluding ortho intramolecular Hbond substituents is 1. The van der Waals surface area contributed by atoms with Crippen molar-refractivity contribution >= 4 is 5.82 Å². The van der Waals surface area contributed by atoms with Gasteiger partial charge in [0.05, 0.1) is 6.54 Å². The zero-order chi connectivity index (χ0) is 18.2. The molecule has 0 spiro atoms. The summed E-state index contributed by atoms with van der Waals surface area (Å²) < 4.78 is 5.86. The smallest absolute Gasteiger partial charge is 0.166 e. The lowest BCUT2D eigenvalue weighted by atomic mass is 10.0. The maximum absolute atomic E-state index is 10.5. The van der Waals surface area contributed by atoms with Crippen LogP contribution in [0.25, 0.3) is 11.1 Å². The van der Waals surface area contributed by atoms with Crippen LogP contribution in [0.1, 0.15) is 30.0 Å². The first-order valence-electron chi connectivity index (χ1n) is 9.24. The Morgan fingerprint density at radius 3 is 2.85 bits per heavy atom. The van der Waals surface area contributed by atoms with E-state index in [2.05, 4.69) is 32.0 Å². The van der Waals surface area contributed by atoms with Crippen molar-refractivity contribution in [3.05, 3.63) is 60.3 Å². The number of aromatic hydroxyl groups is 1. The summed E-state index contributed by atoms with van der Waals surface area (Å²) in [5.74, 6) is 2.22. The minimum atomic E-state index is 0.162. The lowest BCUT2D eigenvalue weighted by molar-refractivity contribution is 0.311. The summed E-state index contributed by atoms with van der Waals surface area (Å²) in [6, 6.07) is 9.76. The molecule has 3 heterocycles. The molecule has 3 aromatic rings. The van der Waals surface area contributed by atoms with Crippen molar-refractivity contribution in [2.24, 2.45) is 0 Å². The van der Waals surface area contributed by atoms with Gasteiger partial charge in [0.15, 0.2) is 11.5 Å². The molecule has 5 rings (SSSR count). The molecule has 0 radical (unpaired) electrons. The third kappa shape index (κ3) is 3.18. The Morgan fingerprint density at radius 2 is 2.04 bits per heavy atom. The van der Waals surface area contributed by atoms with Crippen LogP contribution >= 0.6 is 0 Å². The molecule has 6 nitrogen and oxygen atoms in total. The number of aromatic nitrogens is 3. The molecule has 136 valence electrons. The molecular formula is C21H20N4O2. The molecular weight excluding hydrogens is 340 g/mol. The molecule has 1 aromatic carbocycles. The van der Waals surface area contributed by atoms with Crippen molar-refractivity contribution in [2.75, 3.05) is 18.1 Å². The number of fused-ring (bicyclic) bond motifs is 1. The summed E-state index contributed by atoms with van der Waals surface area (Å²) in [5, 5.41) is 10.5. The molecule has 0 unspecified atom stereocenters. The van der Waals surface area contributed by atoms with Gasteiger partial charge in [0.25, 0.3) is 0 Å². The first kappa shape index (κ1) is 16.1. The van der Waals surface area contributed by atoms with Crippen LogP contribution in [-0.4, -0.2) is 33.2 Å². The highest BCUT2D eigenvalue weighted by Crippen LogP contribution is 2.40. The van der Waals surface area contributed by atoms with Crippen LogP contribution in [0.4, 0.5) is 5.82 Å². The lowest BCUT2D eigenvalue weighted by Crippen LogP contribution is -2.26. The van der Waals surface area contributed by atoms with Crippen LogP contribution < -0.4 is 9.64 Å². The van der Waals surface area contributed by atoms with Gasteiger partial charge < -0.3 is 14.7 Å². The number of rotatable bonds is 3. The number of phenols is 1. The summed E-state index contributed by atoms with van der Waals surface area (Å²) in [5.41, 5.74) is 3.95. The van der Waals surface area contributed by atoms with Crippen molar-refractivity contribution in [3.63, 3.8) is 0 Å². The largest absolute Gasteiger partial charge is 0.504 e. The standard InChI is InChI=1S/C21H20N4O2/c26-19-9-16(15-2-1-5-22-11-15)8-17-12-25(6-7-27-21(17)19)20-10-18(14-3-4-14)23-13-24-20/h1-2,5,8-11,13-14,26H,3-4,6-7,12H2. The molecule has 0 saturated heterocycles. The lowest BCUT2D eigenvalue weighted by Gasteiger charge is -2.21. The fraction of sp³-hybridized carbons (Fsp3) is 0.286. The molecule has 1 fully saturated rings. The van der Waals surface area contributed by atoms with Gasteiger partial charge in [0, 0.05) is 47.7 Å². The zero-order valence-electron chi connectivity index (χ0n) is 14.9. The second-order valence-electron chi connectivity index (χ2n) is 7.07. The summed E-state index contributed by atoms with van der Waals surface area (Å²) in [6.07, 6.45) is 7.61. The van der Waals surface area contributed by atoms with E-state index in [1.165, 1.54) is 12.8 Å². The highest BCUT2D eigenvalue weighted by Gasteiger charge is 2.27. The minimum absolute atomic E-state index is 0.162. The Morgan fingerprint density at radius 1 is 1.11 bits per heavy atom. The van der Waals surface area contributed by atoms with E-state index in [1.54, 1.807) is 24.8 Å². The average Bonchev–Trinajstić information content (AvgIpc) is 3.55. The van der Waals surface area contributed by atoms with E-state index in [-0.39, 0.29) is 5.75 Å². The Kier molecular flexibility index (Phi) is 3.89. The second kappa shape index (κ2) is 6.54. The molecule has 0 amide bonds. The molecule has 27 heavy (non-hydrogen) atoms. The zero-order valence-corrected chi connectivity index (χ0v) is 14.9. The van der Waals surface area contributed by atoms with Crippen LogP contribution in [-0.2, 0) is 6.54 Å². The predicted octanol–water partition coefficient (Wildman–Crippen LogP) is 3.52. The normalized spacial score (nSPS) is 16.4. The minimum Gasteiger partial charge on any atom is -0.504 e. The molecule has 0 atom stereocenters. The van der Waals surface area contributed by atoms with Crippen molar-refractivity contribution < 1.29 is 9.84 Å². The summed E-state index contributed by atoms with van der Waals surface area (Å²) in [7, 11) is 0. The number of hydrogen-bond donors (Lipinski definition) is 1. The maximum Gasteiger partial charge on any atom is 0.166 e. The Hall–Kier alpha value is -3.15. The Bertz CT molecular complexity index is 973. The van der Waals surface area contributed by atoms with Crippen molar-refractivity contribution in [2.45, 2.75) is 25.3 Å². The van der Waals surface area contributed by atoms with Gasteiger partial charge in [-0.1, -0.05) is 6.07 Å². The van der Waals surface area contributed by atoms with Gasteiger partial charge in [-0.3, -0.25) is 4.98 Å². The van der Waals surface area contributed by atoms with Crippen LogP contribution in [0.15, 0.2) is 49.1 Å². The summed E-state index contributed by atoms with van der Waals surface area (Å²) >= 11 is 0. The predicted molar refractivity (Wildman–Crippen MR) is 102 cm³/mol. The van der Waals surface area contributed by atoms with Crippen molar-refractivity contribution in [1.82, 2.24) is 15.0 Å². The fourth-order valence-electron chi connectivity index (χ4n) is 3.53. The Labute approximate surface area is 157 Å². The molecule has 1 aliphatic carbocycles. The highest BCUT2D eigenvalue weighted by atomic mass is 16.5. The fourth-order valence-corrected chi connectivity index (χ4v) is 3.53. The monoisotopic (exact) mass is 360 g/mol. The first-order valence-corrected chi connectivity index (χ1v) is 9.24. The van der Waals surface area contributed by atoms with E-state index in [1.807, 2.05) is 12.1 Å². The van der Waals surface area contributed by atoms with Gasteiger partial charge in [-0.05, 0) is 36.6 Å². The summed E-state index contributed by atoms with van der Waals surface area (Å²) in [6.45, 7) is 1.82. The first-order chi connectivity index (χ1) is 13.3.